The third kappa shape index (κ3) is 3.48. The van der Waals surface area contributed by atoms with Crippen LogP contribution in [0.3, 0.4) is 0 Å². The molecule has 0 aliphatic carbocycles. The van der Waals surface area contributed by atoms with Crippen LogP contribution in [0.4, 0.5) is 8.78 Å². The van der Waals surface area contributed by atoms with Gasteiger partial charge in [-0.2, -0.15) is 8.78 Å². The Morgan fingerprint density at radius 1 is 1.50 bits per heavy atom. The number of ether oxygens (including phenoxy) is 2. The van der Waals surface area contributed by atoms with Crippen LogP contribution in [0.2, 0.25) is 5.02 Å². The zero-order valence-corrected chi connectivity index (χ0v) is 14.4. The molecule has 0 unspecified atom stereocenters. The standard InChI is InChI=1S/C16H16ClF2NO3S/c1-8(9-5-3-7-22-9)20-15(21)14-13(17)12-10(23-16(18)19)4-2-6-11(12)24-14/h2,4,6,8-9,16H,3,5,7H2,1H3,(H,20,21)/t8-,9-/m0/s1. The van der Waals surface area contributed by atoms with Crippen LogP contribution in [0.15, 0.2) is 18.2 Å². The Labute approximate surface area is 146 Å². The molecular formula is C16H16ClF2NO3S. The quantitative estimate of drug-likeness (QED) is 0.839. The first kappa shape index (κ1) is 17.4. The highest BCUT2D eigenvalue weighted by Gasteiger charge is 2.26. The van der Waals surface area contributed by atoms with E-state index in [1.54, 1.807) is 12.1 Å². The summed E-state index contributed by atoms with van der Waals surface area (Å²) in [6.45, 7) is -0.382. The third-order valence-electron chi connectivity index (χ3n) is 3.92. The number of alkyl halides is 2. The molecule has 1 aliphatic rings. The summed E-state index contributed by atoms with van der Waals surface area (Å²) in [4.78, 5) is 12.8. The molecule has 4 nitrogen and oxygen atoms in total. The molecule has 1 amide bonds. The van der Waals surface area contributed by atoms with Crippen molar-refractivity contribution in [3.05, 3.63) is 28.1 Å². The van der Waals surface area contributed by atoms with Gasteiger partial charge in [-0.05, 0) is 31.9 Å². The summed E-state index contributed by atoms with van der Waals surface area (Å²) in [5, 5.41) is 3.33. The predicted octanol–water partition coefficient (Wildman–Crippen LogP) is 4.45. The monoisotopic (exact) mass is 375 g/mol. The maximum Gasteiger partial charge on any atom is 0.387 e. The van der Waals surface area contributed by atoms with Crippen LogP contribution in [-0.2, 0) is 4.74 Å². The number of nitrogens with one attached hydrogen (secondary N) is 1. The first-order chi connectivity index (χ1) is 11.5. The van der Waals surface area contributed by atoms with Gasteiger partial charge in [0.2, 0.25) is 0 Å². The van der Waals surface area contributed by atoms with Gasteiger partial charge in [-0.3, -0.25) is 4.79 Å². The lowest BCUT2D eigenvalue weighted by molar-refractivity contribution is -0.0487. The summed E-state index contributed by atoms with van der Waals surface area (Å²) in [5.41, 5.74) is 0. The summed E-state index contributed by atoms with van der Waals surface area (Å²) in [5.74, 6) is -0.373. The molecule has 2 atom stereocenters. The zero-order chi connectivity index (χ0) is 17.3. The van der Waals surface area contributed by atoms with Crippen molar-refractivity contribution >= 4 is 38.9 Å². The van der Waals surface area contributed by atoms with Crippen LogP contribution in [0.1, 0.15) is 29.4 Å². The fraction of sp³-hybridized carbons (Fsp3) is 0.438. The van der Waals surface area contributed by atoms with Crippen LogP contribution >= 0.6 is 22.9 Å². The van der Waals surface area contributed by atoms with Gasteiger partial charge in [-0.1, -0.05) is 17.7 Å². The van der Waals surface area contributed by atoms with E-state index in [1.165, 1.54) is 6.07 Å². The lowest BCUT2D eigenvalue weighted by atomic mass is 10.1. The molecule has 0 radical (unpaired) electrons. The molecule has 130 valence electrons. The summed E-state index contributed by atoms with van der Waals surface area (Å²) in [6.07, 6.45) is 1.86. The largest absolute Gasteiger partial charge is 0.434 e. The van der Waals surface area contributed by atoms with E-state index in [0.29, 0.717) is 16.7 Å². The maximum atomic E-state index is 12.5. The third-order valence-corrected chi connectivity index (χ3v) is 5.57. The summed E-state index contributed by atoms with van der Waals surface area (Å²) in [7, 11) is 0. The Morgan fingerprint density at radius 2 is 2.29 bits per heavy atom. The number of thiophene rings is 1. The number of benzene rings is 1. The molecule has 2 aromatic rings. The van der Waals surface area contributed by atoms with Gasteiger partial charge < -0.3 is 14.8 Å². The Kier molecular flexibility index (Phi) is 5.22. The van der Waals surface area contributed by atoms with Crippen LogP contribution in [0.5, 0.6) is 5.75 Å². The van der Waals surface area contributed by atoms with Crippen LogP contribution in [0, 0.1) is 0 Å². The van der Waals surface area contributed by atoms with E-state index in [1.807, 2.05) is 6.92 Å². The van der Waals surface area contributed by atoms with Gasteiger partial charge >= 0.3 is 6.61 Å². The maximum absolute atomic E-state index is 12.5. The summed E-state index contributed by atoms with van der Waals surface area (Å²) < 4.78 is 35.7. The number of carbonyl (C=O) groups excluding carboxylic acids is 1. The highest BCUT2D eigenvalue weighted by molar-refractivity contribution is 7.21. The molecule has 3 rings (SSSR count). The van der Waals surface area contributed by atoms with Crippen molar-refractivity contribution in [2.45, 2.75) is 38.5 Å². The van der Waals surface area contributed by atoms with Crippen molar-refractivity contribution in [2.24, 2.45) is 0 Å². The lowest BCUT2D eigenvalue weighted by Crippen LogP contribution is -2.40. The van der Waals surface area contributed by atoms with E-state index < -0.39 is 6.61 Å². The Morgan fingerprint density at radius 3 is 2.96 bits per heavy atom. The fourth-order valence-electron chi connectivity index (χ4n) is 2.78. The second-order valence-electron chi connectivity index (χ2n) is 5.57. The Balaban J connectivity index is 1.86. The van der Waals surface area contributed by atoms with Gasteiger partial charge in [0, 0.05) is 11.3 Å². The number of rotatable bonds is 5. The van der Waals surface area contributed by atoms with Crippen molar-refractivity contribution in [1.82, 2.24) is 5.32 Å². The topological polar surface area (TPSA) is 47.6 Å². The second-order valence-corrected chi connectivity index (χ2v) is 7.00. The number of halogens is 3. The molecule has 24 heavy (non-hydrogen) atoms. The van der Waals surface area contributed by atoms with Gasteiger partial charge in [-0.25, -0.2) is 0 Å². The minimum Gasteiger partial charge on any atom is -0.434 e. The van der Waals surface area contributed by atoms with Gasteiger partial charge in [0.05, 0.1) is 22.6 Å². The number of carbonyl (C=O) groups is 1. The Bertz CT molecular complexity index is 746. The minimum absolute atomic E-state index is 0.0140. The summed E-state index contributed by atoms with van der Waals surface area (Å²) >= 11 is 7.43. The van der Waals surface area contributed by atoms with Gasteiger partial charge in [-0.15, -0.1) is 11.3 Å². The molecule has 1 aliphatic heterocycles. The highest BCUT2D eigenvalue weighted by atomic mass is 35.5. The molecule has 8 heteroatoms. The van der Waals surface area contributed by atoms with Crippen molar-refractivity contribution in [3.63, 3.8) is 0 Å². The number of hydrogen-bond donors (Lipinski definition) is 1. The van der Waals surface area contributed by atoms with Gasteiger partial charge in [0.1, 0.15) is 10.6 Å². The van der Waals surface area contributed by atoms with Crippen LogP contribution in [-0.4, -0.2) is 31.3 Å². The van der Waals surface area contributed by atoms with Crippen LogP contribution in [0.25, 0.3) is 10.1 Å². The number of amides is 1. The number of fused-ring (bicyclic) bond motifs is 1. The zero-order valence-electron chi connectivity index (χ0n) is 12.9. The molecule has 0 bridgehead atoms. The molecule has 0 saturated carbocycles. The second kappa shape index (κ2) is 7.21. The molecule has 1 aromatic heterocycles. The van der Waals surface area contributed by atoms with E-state index in [-0.39, 0.29) is 33.7 Å². The van der Waals surface area contributed by atoms with Gasteiger partial charge in [0.25, 0.3) is 5.91 Å². The SMILES string of the molecule is C[C@H](NC(=O)c1sc2cccc(OC(F)F)c2c1Cl)[C@@H]1CCCO1. The van der Waals surface area contributed by atoms with Crippen molar-refractivity contribution in [1.29, 1.82) is 0 Å². The minimum atomic E-state index is -2.96. The van der Waals surface area contributed by atoms with Crippen molar-refractivity contribution in [3.8, 4) is 5.75 Å². The average Bonchev–Trinajstić information content (AvgIpc) is 3.15. The Hall–Kier alpha value is -1.44. The average molecular weight is 376 g/mol. The van der Waals surface area contributed by atoms with Gasteiger partial charge in [0.15, 0.2) is 0 Å². The molecule has 0 spiro atoms. The molecule has 1 N–H and O–H groups in total. The normalized spacial score (nSPS) is 19.0. The molecule has 1 saturated heterocycles. The molecule has 1 fully saturated rings. The van der Waals surface area contributed by atoms with E-state index in [0.717, 1.165) is 24.2 Å². The lowest BCUT2D eigenvalue weighted by Gasteiger charge is -2.19. The molecular weight excluding hydrogens is 360 g/mol. The predicted molar refractivity (Wildman–Crippen MR) is 89.4 cm³/mol. The van der Waals surface area contributed by atoms with Crippen LogP contribution < -0.4 is 10.1 Å². The van der Waals surface area contributed by atoms with E-state index in [2.05, 4.69) is 10.1 Å². The number of hydrogen-bond acceptors (Lipinski definition) is 4. The van der Waals surface area contributed by atoms with Crippen molar-refractivity contribution < 1.29 is 23.0 Å². The van der Waals surface area contributed by atoms with E-state index in [4.69, 9.17) is 16.3 Å². The molecule has 2 heterocycles. The van der Waals surface area contributed by atoms with Crippen molar-refractivity contribution in [2.75, 3.05) is 6.61 Å². The van der Waals surface area contributed by atoms with E-state index in [9.17, 15) is 13.6 Å². The fourth-order valence-corrected chi connectivity index (χ4v) is 4.25. The first-order valence-electron chi connectivity index (χ1n) is 7.55. The highest BCUT2D eigenvalue weighted by Crippen LogP contribution is 2.41. The molecule has 1 aromatic carbocycles. The first-order valence-corrected chi connectivity index (χ1v) is 8.75. The summed E-state index contributed by atoms with van der Waals surface area (Å²) in [6, 6.07) is 4.55. The van der Waals surface area contributed by atoms with E-state index >= 15 is 0 Å². The smallest absolute Gasteiger partial charge is 0.387 e.